The Morgan fingerprint density at radius 3 is 1.69 bits per heavy atom. The third-order valence-corrected chi connectivity index (χ3v) is 10.1. The molecule has 0 fully saturated rings. The number of hydrogen-bond donors (Lipinski definition) is 0. The van der Waals surface area contributed by atoms with E-state index in [0.29, 0.717) is 5.82 Å². The SMILES string of the molecule is c1ccc(-c2cc(-c3ccccc3)nc(-c3cccc(-n4c5ccccc5c5c6cccc7c6c(cc54)-c4nc5ccccc5nc4-7)c3)n2)cc1. The molecule has 10 aromatic rings. The predicted octanol–water partition coefficient (Wildman–Crippen LogP) is 11.3. The van der Waals surface area contributed by atoms with Gasteiger partial charge in [0, 0.05) is 49.7 Å². The van der Waals surface area contributed by atoms with Gasteiger partial charge in [-0.1, -0.05) is 121 Å². The topological polar surface area (TPSA) is 56.5 Å². The fourth-order valence-corrected chi connectivity index (χ4v) is 7.85. The number of para-hydroxylation sites is 3. The Bertz CT molecular complexity index is 2960. The van der Waals surface area contributed by atoms with Crippen LogP contribution in [0.3, 0.4) is 0 Å². The van der Waals surface area contributed by atoms with Crippen LogP contribution in [-0.2, 0) is 0 Å². The monoisotopic (exact) mass is 649 g/mol. The van der Waals surface area contributed by atoms with Crippen molar-refractivity contribution in [2.24, 2.45) is 0 Å². The summed E-state index contributed by atoms with van der Waals surface area (Å²) in [6.45, 7) is 0. The summed E-state index contributed by atoms with van der Waals surface area (Å²) < 4.78 is 2.38. The molecule has 3 aromatic heterocycles. The third-order valence-electron chi connectivity index (χ3n) is 10.1. The zero-order chi connectivity index (χ0) is 33.5. The van der Waals surface area contributed by atoms with Crippen LogP contribution in [0.4, 0.5) is 0 Å². The highest BCUT2D eigenvalue weighted by molar-refractivity contribution is 6.28. The number of rotatable bonds is 4. The molecule has 0 unspecified atom stereocenters. The van der Waals surface area contributed by atoms with Gasteiger partial charge >= 0.3 is 0 Å². The first-order chi connectivity index (χ1) is 25.3. The van der Waals surface area contributed by atoms with Gasteiger partial charge in [-0.05, 0) is 47.9 Å². The molecular formula is C46H27N5. The molecule has 0 saturated heterocycles. The highest BCUT2D eigenvalue weighted by Gasteiger charge is 2.28. The van der Waals surface area contributed by atoms with Crippen LogP contribution in [0.1, 0.15) is 0 Å². The van der Waals surface area contributed by atoms with E-state index in [1.54, 1.807) is 0 Å². The lowest BCUT2D eigenvalue weighted by molar-refractivity contribution is 1.16. The van der Waals surface area contributed by atoms with E-state index in [2.05, 4.69) is 108 Å². The first-order valence-electron chi connectivity index (χ1n) is 17.2. The smallest absolute Gasteiger partial charge is 0.160 e. The van der Waals surface area contributed by atoms with Crippen molar-refractivity contribution in [3.63, 3.8) is 0 Å². The lowest BCUT2D eigenvalue weighted by Crippen LogP contribution is -1.98. The molecule has 1 aliphatic carbocycles. The summed E-state index contributed by atoms with van der Waals surface area (Å²) in [7, 11) is 0. The van der Waals surface area contributed by atoms with Crippen LogP contribution >= 0.6 is 0 Å². The molecule has 7 aromatic carbocycles. The van der Waals surface area contributed by atoms with Crippen LogP contribution in [0.15, 0.2) is 164 Å². The van der Waals surface area contributed by atoms with Crippen LogP contribution in [0.2, 0.25) is 0 Å². The summed E-state index contributed by atoms with van der Waals surface area (Å²) in [5, 5.41) is 4.85. The van der Waals surface area contributed by atoms with Gasteiger partial charge in [-0.2, -0.15) is 0 Å². The predicted molar refractivity (Wildman–Crippen MR) is 208 cm³/mol. The fraction of sp³-hybridized carbons (Fsp3) is 0. The molecule has 0 amide bonds. The van der Waals surface area contributed by atoms with Crippen molar-refractivity contribution in [3.05, 3.63) is 164 Å². The van der Waals surface area contributed by atoms with E-state index in [-0.39, 0.29) is 0 Å². The summed E-state index contributed by atoms with van der Waals surface area (Å²) >= 11 is 0. The maximum Gasteiger partial charge on any atom is 0.160 e. The molecule has 0 N–H and O–H groups in total. The molecule has 0 atom stereocenters. The largest absolute Gasteiger partial charge is 0.309 e. The van der Waals surface area contributed by atoms with Crippen LogP contribution in [-0.4, -0.2) is 24.5 Å². The molecule has 5 heteroatoms. The van der Waals surface area contributed by atoms with Gasteiger partial charge in [0.1, 0.15) is 0 Å². The standard InChI is InChI=1S/C46H27N5/c1-3-13-28(14-4-1)38-27-39(29-15-5-2-6-16-29)50-46(49-38)30-17-11-18-31(25-30)51-40-24-10-7-19-32(40)43-33-20-12-21-34-42(33)35(26-41(43)51)45-44(34)47-36-22-8-9-23-37(36)48-45/h1-27H. The Hall–Kier alpha value is -6.98. The van der Waals surface area contributed by atoms with Crippen LogP contribution < -0.4 is 0 Å². The molecule has 0 spiro atoms. The first kappa shape index (κ1) is 27.9. The van der Waals surface area contributed by atoms with Crippen LogP contribution in [0.5, 0.6) is 0 Å². The second-order valence-corrected chi connectivity index (χ2v) is 13.1. The van der Waals surface area contributed by atoms with Crippen LogP contribution in [0, 0.1) is 0 Å². The molecule has 5 nitrogen and oxygen atoms in total. The highest BCUT2D eigenvalue weighted by atomic mass is 15.0. The molecular weight excluding hydrogens is 623 g/mol. The van der Waals surface area contributed by atoms with E-state index in [1.807, 2.05) is 60.7 Å². The van der Waals surface area contributed by atoms with Crippen molar-refractivity contribution in [2.45, 2.75) is 0 Å². The van der Waals surface area contributed by atoms with E-state index in [0.717, 1.165) is 78.3 Å². The van der Waals surface area contributed by atoms with E-state index in [4.69, 9.17) is 19.9 Å². The number of hydrogen-bond acceptors (Lipinski definition) is 4. The van der Waals surface area contributed by atoms with E-state index >= 15 is 0 Å². The Labute approximate surface area is 293 Å². The van der Waals surface area contributed by atoms with E-state index in [1.165, 1.54) is 21.5 Å². The third kappa shape index (κ3) is 4.22. The maximum absolute atomic E-state index is 5.19. The molecule has 0 bridgehead atoms. The van der Waals surface area contributed by atoms with Crippen molar-refractivity contribution in [1.29, 1.82) is 0 Å². The first-order valence-corrected chi connectivity index (χ1v) is 17.2. The normalized spacial score (nSPS) is 11.9. The number of benzene rings is 7. The second-order valence-electron chi connectivity index (χ2n) is 13.1. The van der Waals surface area contributed by atoms with Gasteiger partial charge in [-0.15, -0.1) is 0 Å². The number of aromatic nitrogens is 5. The van der Waals surface area contributed by atoms with Gasteiger partial charge in [0.15, 0.2) is 5.82 Å². The van der Waals surface area contributed by atoms with Crippen LogP contribution in [0.25, 0.3) is 106 Å². The van der Waals surface area contributed by atoms with Gasteiger partial charge in [0.2, 0.25) is 0 Å². The highest BCUT2D eigenvalue weighted by Crippen LogP contribution is 2.50. The zero-order valence-corrected chi connectivity index (χ0v) is 27.3. The lowest BCUT2D eigenvalue weighted by atomic mass is 9.99. The lowest BCUT2D eigenvalue weighted by Gasteiger charge is -2.13. The minimum Gasteiger partial charge on any atom is -0.309 e. The molecule has 0 radical (unpaired) electrons. The molecule has 0 saturated carbocycles. The summed E-state index contributed by atoms with van der Waals surface area (Å²) in [6, 6.07) is 57.1. The molecule has 0 aliphatic heterocycles. The molecule has 51 heavy (non-hydrogen) atoms. The fourth-order valence-electron chi connectivity index (χ4n) is 7.85. The maximum atomic E-state index is 5.19. The van der Waals surface area contributed by atoms with Crippen molar-refractivity contribution in [3.8, 4) is 62.1 Å². The molecule has 236 valence electrons. The van der Waals surface area contributed by atoms with Crippen molar-refractivity contribution in [1.82, 2.24) is 24.5 Å². The minimum atomic E-state index is 0.683. The average molecular weight is 650 g/mol. The number of fused-ring (bicyclic) bond motifs is 8. The van der Waals surface area contributed by atoms with Gasteiger partial charge in [-0.25, -0.2) is 19.9 Å². The van der Waals surface area contributed by atoms with Crippen molar-refractivity contribution < 1.29 is 0 Å². The van der Waals surface area contributed by atoms with Gasteiger partial charge in [-0.3, -0.25) is 0 Å². The number of nitrogens with zero attached hydrogens (tertiary/aromatic N) is 5. The Balaban J connectivity index is 1.16. The molecule has 11 rings (SSSR count). The average Bonchev–Trinajstić information content (AvgIpc) is 3.70. The van der Waals surface area contributed by atoms with Gasteiger partial charge < -0.3 is 4.57 Å². The van der Waals surface area contributed by atoms with Gasteiger partial charge in [0.25, 0.3) is 0 Å². The summed E-state index contributed by atoms with van der Waals surface area (Å²) in [6.07, 6.45) is 0. The quantitative estimate of drug-likeness (QED) is 0.190. The summed E-state index contributed by atoms with van der Waals surface area (Å²) in [4.78, 5) is 20.6. The van der Waals surface area contributed by atoms with E-state index in [9.17, 15) is 0 Å². The van der Waals surface area contributed by atoms with Crippen molar-refractivity contribution >= 4 is 43.6 Å². The summed E-state index contributed by atoms with van der Waals surface area (Å²) in [5.74, 6) is 0.683. The zero-order valence-electron chi connectivity index (χ0n) is 27.3. The molecule has 1 aliphatic rings. The van der Waals surface area contributed by atoms with Crippen molar-refractivity contribution in [2.75, 3.05) is 0 Å². The summed E-state index contributed by atoms with van der Waals surface area (Å²) in [5.41, 5.74) is 14.1. The Morgan fingerprint density at radius 1 is 0.373 bits per heavy atom. The minimum absolute atomic E-state index is 0.683. The van der Waals surface area contributed by atoms with Gasteiger partial charge in [0.05, 0.1) is 44.8 Å². The van der Waals surface area contributed by atoms with E-state index < -0.39 is 0 Å². The second kappa shape index (κ2) is 10.8. The Kier molecular flexibility index (Phi) is 5.89. The molecule has 3 heterocycles. The Morgan fingerprint density at radius 2 is 0.961 bits per heavy atom.